The lowest BCUT2D eigenvalue weighted by atomic mass is 10.1. The summed E-state index contributed by atoms with van der Waals surface area (Å²) in [5.74, 6) is 1.08. The van der Waals surface area contributed by atoms with Crippen molar-refractivity contribution in [1.82, 2.24) is 10.3 Å². The third-order valence-corrected chi connectivity index (χ3v) is 6.11. The van der Waals surface area contributed by atoms with Gasteiger partial charge in [0.15, 0.2) is 23.0 Å². The first-order valence-electron chi connectivity index (χ1n) is 11.1. The molecule has 0 radical (unpaired) electrons. The Hall–Kier alpha value is -3.04. The number of oxazole rings is 1. The van der Waals surface area contributed by atoms with Crippen molar-refractivity contribution >= 4 is 17.1 Å². The average Bonchev–Trinajstić information content (AvgIpc) is 3.15. The fourth-order valence-corrected chi connectivity index (χ4v) is 4.38. The third-order valence-electron chi connectivity index (χ3n) is 4.93. The molecule has 34 heavy (non-hydrogen) atoms. The molecule has 0 saturated carbocycles. The van der Waals surface area contributed by atoms with Crippen LogP contribution in [0.15, 0.2) is 46.9 Å². The van der Waals surface area contributed by atoms with Crippen LogP contribution in [0, 0.1) is 12.7 Å². The molecule has 1 atom stereocenters. The summed E-state index contributed by atoms with van der Waals surface area (Å²) in [6.07, 6.45) is 0.596. The zero-order valence-electron chi connectivity index (χ0n) is 19.6. The van der Waals surface area contributed by atoms with E-state index < -0.39 is 17.0 Å². The Morgan fingerprint density at radius 1 is 1.15 bits per heavy atom. The molecule has 1 amide bonds. The fraction of sp³-hybridized carbons (Fsp3) is 0.360. The molecule has 3 aromatic rings. The highest BCUT2D eigenvalue weighted by molar-refractivity contribution is 7.91. The van der Waals surface area contributed by atoms with Crippen LogP contribution >= 0.6 is 0 Å². The van der Waals surface area contributed by atoms with Gasteiger partial charge in [-0.25, -0.2) is 9.37 Å². The predicted octanol–water partition coefficient (Wildman–Crippen LogP) is 4.19. The van der Waals surface area contributed by atoms with Crippen molar-refractivity contribution in [1.29, 1.82) is 0 Å². The minimum atomic E-state index is -1.48. The Labute approximate surface area is 201 Å². The molecule has 1 N–H and O–H groups in total. The van der Waals surface area contributed by atoms with Crippen molar-refractivity contribution in [2.45, 2.75) is 32.9 Å². The van der Waals surface area contributed by atoms with Crippen LogP contribution in [0.1, 0.15) is 30.9 Å². The summed E-state index contributed by atoms with van der Waals surface area (Å²) in [6, 6.07) is 11.8. The van der Waals surface area contributed by atoms with Crippen molar-refractivity contribution in [3.05, 3.63) is 65.3 Å². The Kier molecular flexibility index (Phi) is 9.35. The SMILES string of the molecule is CCOc1ccc(CCNC(=O)C[S+]([O-])Cc2nc(-c3ccccc3F)oc2C)cc1OCC. The van der Waals surface area contributed by atoms with Gasteiger partial charge in [0.05, 0.1) is 18.8 Å². The van der Waals surface area contributed by atoms with Gasteiger partial charge in [0.1, 0.15) is 17.3 Å². The fourth-order valence-electron chi connectivity index (χ4n) is 3.31. The van der Waals surface area contributed by atoms with Crippen LogP contribution in [0.2, 0.25) is 0 Å². The summed E-state index contributed by atoms with van der Waals surface area (Å²) in [6.45, 7) is 6.97. The van der Waals surface area contributed by atoms with Crippen LogP contribution in [0.3, 0.4) is 0 Å². The topological polar surface area (TPSA) is 96.7 Å². The Morgan fingerprint density at radius 2 is 1.88 bits per heavy atom. The minimum absolute atomic E-state index is 0.0494. The monoisotopic (exact) mass is 488 g/mol. The number of nitrogens with zero attached hydrogens (tertiary/aromatic N) is 1. The molecular weight excluding hydrogens is 459 g/mol. The van der Waals surface area contributed by atoms with Crippen molar-refractivity contribution in [3.63, 3.8) is 0 Å². The number of halogens is 1. The number of hydrogen-bond acceptors (Lipinski definition) is 6. The molecule has 7 nitrogen and oxygen atoms in total. The molecule has 0 aliphatic heterocycles. The number of nitrogens with one attached hydrogen (secondary N) is 1. The molecule has 2 aromatic carbocycles. The molecule has 0 saturated heterocycles. The lowest BCUT2D eigenvalue weighted by Gasteiger charge is -2.13. The van der Waals surface area contributed by atoms with Gasteiger partial charge in [0.2, 0.25) is 5.89 Å². The second-order valence-corrected chi connectivity index (χ2v) is 8.93. The van der Waals surface area contributed by atoms with Crippen molar-refractivity contribution in [2.24, 2.45) is 0 Å². The highest BCUT2D eigenvalue weighted by Gasteiger charge is 2.21. The summed E-state index contributed by atoms with van der Waals surface area (Å²) in [7, 11) is 0. The van der Waals surface area contributed by atoms with Crippen LogP contribution < -0.4 is 14.8 Å². The smallest absolute Gasteiger partial charge is 0.269 e. The molecule has 1 aromatic heterocycles. The molecule has 0 aliphatic rings. The normalized spacial score (nSPS) is 11.8. The van der Waals surface area contributed by atoms with E-state index in [1.165, 1.54) is 6.07 Å². The summed E-state index contributed by atoms with van der Waals surface area (Å²) in [5.41, 5.74) is 1.68. The van der Waals surface area contributed by atoms with Gasteiger partial charge in [0, 0.05) is 6.54 Å². The van der Waals surface area contributed by atoms with E-state index >= 15 is 0 Å². The van der Waals surface area contributed by atoms with Gasteiger partial charge >= 0.3 is 0 Å². The van der Waals surface area contributed by atoms with Crippen molar-refractivity contribution in [2.75, 3.05) is 25.5 Å². The van der Waals surface area contributed by atoms with Crippen molar-refractivity contribution in [3.8, 4) is 23.0 Å². The number of carbonyl (C=O) groups excluding carboxylic acids is 1. The van der Waals surface area contributed by atoms with E-state index in [9.17, 15) is 13.7 Å². The number of hydrogen-bond donors (Lipinski definition) is 1. The zero-order chi connectivity index (χ0) is 24.5. The summed E-state index contributed by atoms with van der Waals surface area (Å²) >= 11 is -1.48. The van der Waals surface area contributed by atoms with Crippen molar-refractivity contribution < 1.29 is 27.6 Å². The number of carbonyl (C=O) groups is 1. The first-order chi connectivity index (χ1) is 16.4. The number of aromatic nitrogens is 1. The first kappa shape index (κ1) is 25.6. The number of rotatable bonds is 12. The minimum Gasteiger partial charge on any atom is -0.616 e. The van der Waals surface area contributed by atoms with Gasteiger partial charge < -0.3 is 23.8 Å². The van der Waals surface area contributed by atoms with E-state index in [4.69, 9.17) is 13.9 Å². The Bertz CT molecular complexity index is 1100. The van der Waals surface area contributed by atoms with E-state index in [0.29, 0.717) is 49.1 Å². The van der Waals surface area contributed by atoms with Gasteiger partial charge in [-0.05, 0) is 68.2 Å². The highest BCUT2D eigenvalue weighted by atomic mass is 32.2. The van der Waals surface area contributed by atoms with Gasteiger partial charge in [-0.1, -0.05) is 18.2 Å². The van der Waals surface area contributed by atoms with Gasteiger partial charge in [-0.15, -0.1) is 0 Å². The molecule has 0 fully saturated rings. The highest BCUT2D eigenvalue weighted by Crippen LogP contribution is 2.29. The Balaban J connectivity index is 1.49. The maximum atomic E-state index is 14.0. The van der Waals surface area contributed by atoms with Gasteiger partial charge in [-0.2, -0.15) is 0 Å². The molecule has 182 valence electrons. The molecule has 3 rings (SSSR count). The third kappa shape index (κ3) is 6.98. The molecule has 0 bridgehead atoms. The summed E-state index contributed by atoms with van der Waals surface area (Å²) < 4.78 is 43.2. The van der Waals surface area contributed by atoms with Crippen LogP contribution in [-0.4, -0.2) is 41.0 Å². The number of benzene rings is 2. The zero-order valence-corrected chi connectivity index (χ0v) is 20.4. The molecule has 0 spiro atoms. The van der Waals surface area contributed by atoms with Crippen LogP contribution in [-0.2, 0) is 28.1 Å². The maximum absolute atomic E-state index is 14.0. The van der Waals surface area contributed by atoms with E-state index in [1.807, 2.05) is 32.0 Å². The summed E-state index contributed by atoms with van der Waals surface area (Å²) in [5, 5.41) is 2.79. The largest absolute Gasteiger partial charge is 0.616 e. The predicted molar refractivity (Wildman–Crippen MR) is 129 cm³/mol. The van der Waals surface area contributed by atoms with E-state index in [1.54, 1.807) is 25.1 Å². The number of aryl methyl sites for hydroxylation is 1. The quantitative estimate of drug-likeness (QED) is 0.384. The summed E-state index contributed by atoms with van der Waals surface area (Å²) in [4.78, 5) is 16.5. The first-order valence-corrected chi connectivity index (χ1v) is 12.6. The van der Waals surface area contributed by atoms with Gasteiger partial charge in [-0.3, -0.25) is 4.79 Å². The van der Waals surface area contributed by atoms with E-state index in [2.05, 4.69) is 10.3 Å². The molecule has 9 heteroatoms. The molecule has 1 heterocycles. The van der Waals surface area contributed by atoms with E-state index in [0.717, 1.165) is 5.56 Å². The number of ether oxygens (including phenoxy) is 2. The Morgan fingerprint density at radius 3 is 2.62 bits per heavy atom. The maximum Gasteiger partial charge on any atom is 0.269 e. The lowest BCUT2D eigenvalue weighted by Crippen LogP contribution is -2.32. The molecule has 1 unspecified atom stereocenters. The van der Waals surface area contributed by atoms with Crippen LogP contribution in [0.4, 0.5) is 4.39 Å². The standard InChI is InChI=1S/C25H29FN2O5S/c1-4-31-22-11-10-18(14-23(22)32-5-2)12-13-27-24(29)16-34(30)15-21-17(3)33-25(28-21)19-8-6-7-9-20(19)26/h6-11,14H,4-5,12-13,15-16H2,1-3H3,(H,27,29). The lowest BCUT2D eigenvalue weighted by molar-refractivity contribution is -0.118. The molecule has 0 aliphatic carbocycles. The van der Waals surface area contributed by atoms with Crippen LogP contribution in [0.25, 0.3) is 11.5 Å². The van der Waals surface area contributed by atoms with Crippen LogP contribution in [0.5, 0.6) is 11.5 Å². The van der Waals surface area contributed by atoms with E-state index in [-0.39, 0.29) is 28.9 Å². The second-order valence-electron chi connectivity index (χ2n) is 7.48. The van der Waals surface area contributed by atoms with Gasteiger partial charge in [0.25, 0.3) is 5.91 Å². The average molecular weight is 489 g/mol. The molecular formula is C25H29FN2O5S. The second kappa shape index (κ2) is 12.4. The number of amides is 1.